The van der Waals surface area contributed by atoms with Gasteiger partial charge in [-0.1, -0.05) is 17.7 Å². The number of nitrogens with one attached hydrogen (secondary N) is 1. The first-order chi connectivity index (χ1) is 9.83. The van der Waals surface area contributed by atoms with Crippen LogP contribution in [0.4, 0.5) is 5.69 Å². The Morgan fingerprint density at radius 2 is 2.14 bits per heavy atom. The molecular formula is C12H14ClN3O5. The number of nitrogens with zero attached hydrogens (tertiary/aromatic N) is 1. The quantitative estimate of drug-likeness (QED) is 0.501. The average Bonchev–Trinajstić information content (AvgIpc) is 2.39. The zero-order valence-corrected chi connectivity index (χ0v) is 11.7. The van der Waals surface area contributed by atoms with Crippen LogP contribution in [0, 0.1) is 10.1 Å². The van der Waals surface area contributed by atoms with Gasteiger partial charge in [0, 0.05) is 12.1 Å². The van der Waals surface area contributed by atoms with Gasteiger partial charge >= 0.3 is 5.97 Å². The number of carboxylic acid groups (broad SMARTS) is 1. The molecule has 0 heterocycles. The molecule has 0 radical (unpaired) electrons. The summed E-state index contributed by atoms with van der Waals surface area (Å²) in [5.74, 6) is -1.59. The number of carboxylic acids is 1. The van der Waals surface area contributed by atoms with Crippen LogP contribution in [-0.2, 0) is 16.0 Å². The molecule has 0 bridgehead atoms. The Morgan fingerprint density at radius 3 is 2.67 bits per heavy atom. The molecule has 21 heavy (non-hydrogen) atoms. The lowest BCUT2D eigenvalue weighted by Crippen LogP contribution is -2.41. The molecule has 114 valence electrons. The highest BCUT2D eigenvalue weighted by Crippen LogP contribution is 2.25. The normalized spacial score (nSPS) is 11.7. The van der Waals surface area contributed by atoms with E-state index in [9.17, 15) is 19.7 Å². The maximum Gasteiger partial charge on any atom is 0.305 e. The van der Waals surface area contributed by atoms with Crippen LogP contribution in [0.25, 0.3) is 0 Å². The Hall–Kier alpha value is -2.19. The number of nitro benzene ring substituents is 1. The largest absolute Gasteiger partial charge is 0.481 e. The van der Waals surface area contributed by atoms with Crippen molar-refractivity contribution >= 4 is 29.2 Å². The standard InChI is InChI=1S/C12H14ClN3O5/c13-9-2-1-7(4-10(9)16(20)21)3-8(5-12(18)19)15-11(17)6-14/h1-2,4,8H,3,5-6,14H2,(H,15,17)(H,18,19). The fourth-order valence-corrected chi connectivity index (χ4v) is 1.97. The Morgan fingerprint density at radius 1 is 1.48 bits per heavy atom. The molecule has 0 fully saturated rings. The van der Waals surface area contributed by atoms with E-state index in [0.717, 1.165) is 0 Å². The van der Waals surface area contributed by atoms with Crippen molar-refractivity contribution < 1.29 is 19.6 Å². The first-order valence-electron chi connectivity index (χ1n) is 5.97. The van der Waals surface area contributed by atoms with Crippen LogP contribution in [0.3, 0.4) is 0 Å². The van der Waals surface area contributed by atoms with Crippen LogP contribution in [0.5, 0.6) is 0 Å². The molecule has 0 aromatic heterocycles. The third kappa shape index (κ3) is 5.36. The molecule has 0 saturated carbocycles. The summed E-state index contributed by atoms with van der Waals surface area (Å²) in [4.78, 5) is 32.2. The van der Waals surface area contributed by atoms with E-state index in [4.69, 9.17) is 22.4 Å². The summed E-state index contributed by atoms with van der Waals surface area (Å²) in [5.41, 5.74) is 5.39. The van der Waals surface area contributed by atoms with E-state index in [1.54, 1.807) is 6.07 Å². The SMILES string of the molecule is NCC(=O)NC(CC(=O)O)Cc1ccc(Cl)c([N+](=O)[O-])c1. The van der Waals surface area contributed by atoms with Crippen molar-refractivity contribution in [2.75, 3.05) is 6.54 Å². The summed E-state index contributed by atoms with van der Waals surface area (Å²) in [6.45, 7) is -0.267. The molecule has 1 rings (SSSR count). The van der Waals surface area contributed by atoms with Crippen LogP contribution >= 0.6 is 11.6 Å². The minimum absolute atomic E-state index is 0.00970. The van der Waals surface area contributed by atoms with Crippen LogP contribution in [0.1, 0.15) is 12.0 Å². The lowest BCUT2D eigenvalue weighted by molar-refractivity contribution is -0.384. The fourth-order valence-electron chi connectivity index (χ4n) is 1.78. The van der Waals surface area contributed by atoms with Gasteiger partial charge in [0.25, 0.3) is 5.69 Å². The topological polar surface area (TPSA) is 136 Å². The number of nitrogens with two attached hydrogens (primary N) is 1. The van der Waals surface area contributed by atoms with E-state index in [1.165, 1.54) is 12.1 Å². The second-order valence-electron chi connectivity index (χ2n) is 4.31. The maximum absolute atomic E-state index is 11.3. The molecule has 0 aliphatic rings. The van der Waals surface area contributed by atoms with Crippen molar-refractivity contribution in [1.29, 1.82) is 0 Å². The van der Waals surface area contributed by atoms with E-state index >= 15 is 0 Å². The number of rotatable bonds is 7. The minimum atomic E-state index is -1.10. The van der Waals surface area contributed by atoms with Crippen LogP contribution in [0.15, 0.2) is 18.2 Å². The number of hydrogen-bond donors (Lipinski definition) is 3. The summed E-state index contributed by atoms with van der Waals surface area (Å²) in [7, 11) is 0. The molecule has 1 atom stereocenters. The summed E-state index contributed by atoms with van der Waals surface area (Å²) in [6, 6.07) is 3.45. The summed E-state index contributed by atoms with van der Waals surface area (Å²) in [5, 5.41) is 22.1. The molecular weight excluding hydrogens is 302 g/mol. The molecule has 0 aliphatic heterocycles. The molecule has 1 amide bonds. The minimum Gasteiger partial charge on any atom is -0.481 e. The molecule has 1 aromatic rings. The van der Waals surface area contributed by atoms with Gasteiger partial charge in [-0.25, -0.2) is 0 Å². The van der Waals surface area contributed by atoms with Crippen molar-refractivity contribution in [3.05, 3.63) is 38.9 Å². The summed E-state index contributed by atoms with van der Waals surface area (Å²) in [6.07, 6.45) is -0.196. The molecule has 1 aromatic carbocycles. The van der Waals surface area contributed by atoms with Crippen molar-refractivity contribution in [3.63, 3.8) is 0 Å². The van der Waals surface area contributed by atoms with Crippen LogP contribution in [0.2, 0.25) is 5.02 Å². The number of hydrogen-bond acceptors (Lipinski definition) is 5. The zero-order chi connectivity index (χ0) is 16.0. The monoisotopic (exact) mass is 315 g/mol. The van der Waals surface area contributed by atoms with Gasteiger partial charge in [0.15, 0.2) is 0 Å². The van der Waals surface area contributed by atoms with Gasteiger partial charge in [0.1, 0.15) is 5.02 Å². The third-order valence-electron chi connectivity index (χ3n) is 2.66. The van der Waals surface area contributed by atoms with E-state index in [1.807, 2.05) is 0 Å². The zero-order valence-electron chi connectivity index (χ0n) is 10.9. The first-order valence-corrected chi connectivity index (χ1v) is 6.35. The van der Waals surface area contributed by atoms with E-state index in [2.05, 4.69) is 5.32 Å². The van der Waals surface area contributed by atoms with Crippen LogP contribution < -0.4 is 11.1 Å². The van der Waals surface area contributed by atoms with Gasteiger partial charge in [0.2, 0.25) is 5.91 Å². The molecule has 0 saturated heterocycles. The van der Waals surface area contributed by atoms with Gasteiger partial charge in [-0.2, -0.15) is 0 Å². The van der Waals surface area contributed by atoms with Gasteiger partial charge in [-0.05, 0) is 18.1 Å². The number of nitro groups is 1. The summed E-state index contributed by atoms with van der Waals surface area (Å²) < 4.78 is 0. The number of halogens is 1. The van der Waals surface area contributed by atoms with Gasteiger partial charge in [-0.3, -0.25) is 19.7 Å². The highest BCUT2D eigenvalue weighted by Gasteiger charge is 2.19. The van der Waals surface area contributed by atoms with Gasteiger partial charge in [0.05, 0.1) is 17.9 Å². The molecule has 0 spiro atoms. The number of benzene rings is 1. The van der Waals surface area contributed by atoms with Gasteiger partial charge in [-0.15, -0.1) is 0 Å². The highest BCUT2D eigenvalue weighted by atomic mass is 35.5. The predicted octanol–water partition coefficient (Wildman–Crippen LogP) is 0.709. The maximum atomic E-state index is 11.3. The van der Waals surface area contributed by atoms with Crippen molar-refractivity contribution in [3.8, 4) is 0 Å². The summed E-state index contributed by atoms with van der Waals surface area (Å²) >= 11 is 5.70. The second-order valence-corrected chi connectivity index (χ2v) is 4.72. The van der Waals surface area contributed by atoms with Crippen LogP contribution in [-0.4, -0.2) is 34.5 Å². The molecule has 0 aliphatic carbocycles. The number of amides is 1. The van der Waals surface area contributed by atoms with Crippen molar-refractivity contribution in [1.82, 2.24) is 5.32 Å². The third-order valence-corrected chi connectivity index (χ3v) is 2.98. The number of carbonyl (C=O) groups excluding carboxylic acids is 1. The van der Waals surface area contributed by atoms with E-state index in [-0.39, 0.29) is 30.1 Å². The Bertz CT molecular complexity index is 564. The Labute approximate surface area is 125 Å². The van der Waals surface area contributed by atoms with E-state index < -0.39 is 22.8 Å². The Balaban J connectivity index is 2.92. The second kappa shape index (κ2) is 7.55. The first kappa shape index (κ1) is 16.9. The molecule has 1 unspecified atom stereocenters. The van der Waals surface area contributed by atoms with Crippen molar-refractivity contribution in [2.24, 2.45) is 5.73 Å². The lowest BCUT2D eigenvalue weighted by Gasteiger charge is -2.16. The molecule has 9 heteroatoms. The fraction of sp³-hybridized carbons (Fsp3) is 0.333. The average molecular weight is 316 g/mol. The lowest BCUT2D eigenvalue weighted by atomic mass is 10.0. The van der Waals surface area contributed by atoms with Crippen molar-refractivity contribution in [2.45, 2.75) is 18.9 Å². The van der Waals surface area contributed by atoms with E-state index in [0.29, 0.717) is 5.56 Å². The Kier molecular flexibility index (Phi) is 6.07. The smallest absolute Gasteiger partial charge is 0.305 e. The predicted molar refractivity (Wildman–Crippen MR) is 75.0 cm³/mol. The number of aliphatic carboxylic acids is 1. The highest BCUT2D eigenvalue weighted by molar-refractivity contribution is 6.32. The molecule has 4 N–H and O–H groups in total. The molecule has 8 nitrogen and oxygen atoms in total. The number of carbonyl (C=O) groups is 2. The van der Waals surface area contributed by atoms with Gasteiger partial charge < -0.3 is 16.2 Å².